The summed E-state index contributed by atoms with van der Waals surface area (Å²) in [4.78, 5) is 31.9. The molecule has 0 radical (unpaired) electrons. The Morgan fingerprint density at radius 1 is 1.14 bits per heavy atom. The first-order valence-corrected chi connectivity index (χ1v) is 12.4. The standard InChI is InChI=1S/C26H18N4O3S2/c1-16-11-19(33-18-6-4-17(12-27)5-7-18)8-9-21(16)29-23(31)13-30-15-28-25-24(26(30)32)20(14-35-25)22-3-2-10-34-22/h2-11,14-15H,13H2,1H3,(H,29,31). The maximum atomic E-state index is 13.1. The van der Waals surface area contributed by atoms with E-state index in [1.165, 1.54) is 22.2 Å². The molecule has 0 spiro atoms. The SMILES string of the molecule is Cc1cc(Oc2ccc(C#N)cc2)ccc1NC(=O)Cn1cnc2scc(-c3cccs3)c2c1=O. The predicted octanol–water partition coefficient (Wildman–Crippen LogP) is 5.80. The molecule has 0 unspecified atom stereocenters. The molecule has 0 aliphatic rings. The zero-order valence-corrected chi connectivity index (χ0v) is 20.2. The van der Waals surface area contributed by atoms with E-state index in [1.54, 1.807) is 47.7 Å². The van der Waals surface area contributed by atoms with Gasteiger partial charge in [0.05, 0.1) is 23.3 Å². The lowest BCUT2D eigenvalue weighted by Crippen LogP contribution is -2.28. The Morgan fingerprint density at radius 3 is 2.66 bits per heavy atom. The fourth-order valence-corrected chi connectivity index (χ4v) is 5.33. The number of rotatable bonds is 6. The Balaban J connectivity index is 1.31. The number of carbonyl (C=O) groups is 1. The fourth-order valence-electron chi connectivity index (χ4n) is 3.61. The lowest BCUT2D eigenvalue weighted by molar-refractivity contribution is -0.116. The Bertz CT molecular complexity index is 1630. The number of thiophene rings is 2. The van der Waals surface area contributed by atoms with E-state index in [2.05, 4.69) is 16.4 Å². The van der Waals surface area contributed by atoms with Gasteiger partial charge in [0.25, 0.3) is 5.56 Å². The minimum absolute atomic E-state index is 0.148. The number of benzene rings is 2. The van der Waals surface area contributed by atoms with Crippen LogP contribution in [0.25, 0.3) is 20.7 Å². The Morgan fingerprint density at radius 2 is 1.94 bits per heavy atom. The summed E-state index contributed by atoms with van der Waals surface area (Å²) in [5.41, 5.74) is 2.60. The highest BCUT2D eigenvalue weighted by atomic mass is 32.1. The van der Waals surface area contributed by atoms with Gasteiger partial charge in [-0.2, -0.15) is 5.26 Å². The molecule has 7 nitrogen and oxygen atoms in total. The summed E-state index contributed by atoms with van der Waals surface area (Å²) in [6, 6.07) is 18.1. The number of aromatic nitrogens is 2. The zero-order valence-electron chi connectivity index (χ0n) is 18.5. The normalized spacial score (nSPS) is 10.7. The second-order valence-corrected chi connectivity index (χ2v) is 9.55. The summed E-state index contributed by atoms with van der Waals surface area (Å²) in [5.74, 6) is 0.887. The highest BCUT2D eigenvalue weighted by molar-refractivity contribution is 7.18. The lowest BCUT2D eigenvalue weighted by Gasteiger charge is -2.12. The van der Waals surface area contributed by atoms with Crippen LogP contribution in [-0.4, -0.2) is 15.5 Å². The molecule has 5 rings (SSSR count). The van der Waals surface area contributed by atoms with Crippen molar-refractivity contribution in [2.24, 2.45) is 0 Å². The highest BCUT2D eigenvalue weighted by Crippen LogP contribution is 2.33. The van der Waals surface area contributed by atoms with Gasteiger partial charge in [-0.25, -0.2) is 4.98 Å². The van der Waals surface area contributed by atoms with Crippen LogP contribution >= 0.6 is 22.7 Å². The van der Waals surface area contributed by atoms with E-state index < -0.39 is 0 Å². The molecule has 0 bridgehead atoms. The molecule has 0 aliphatic carbocycles. The summed E-state index contributed by atoms with van der Waals surface area (Å²) in [6.07, 6.45) is 1.42. The van der Waals surface area contributed by atoms with Crippen LogP contribution in [0.4, 0.5) is 5.69 Å². The van der Waals surface area contributed by atoms with Gasteiger partial charge < -0.3 is 10.1 Å². The molecular formula is C26H18N4O3S2. The molecule has 35 heavy (non-hydrogen) atoms. The summed E-state index contributed by atoms with van der Waals surface area (Å²) in [5, 5.41) is 16.2. The van der Waals surface area contributed by atoms with Crippen molar-refractivity contribution in [3.8, 4) is 28.0 Å². The second kappa shape index (κ2) is 9.54. The second-order valence-electron chi connectivity index (χ2n) is 7.75. The predicted molar refractivity (Wildman–Crippen MR) is 138 cm³/mol. The number of aryl methyl sites for hydroxylation is 1. The van der Waals surface area contributed by atoms with Gasteiger partial charge in [0, 0.05) is 21.5 Å². The van der Waals surface area contributed by atoms with Gasteiger partial charge in [-0.15, -0.1) is 22.7 Å². The molecule has 172 valence electrons. The van der Waals surface area contributed by atoms with E-state index in [9.17, 15) is 9.59 Å². The highest BCUT2D eigenvalue weighted by Gasteiger charge is 2.16. The number of ether oxygens (including phenoxy) is 1. The van der Waals surface area contributed by atoms with Gasteiger partial charge in [0.1, 0.15) is 22.9 Å². The molecule has 1 amide bonds. The number of anilines is 1. The molecule has 3 heterocycles. The number of nitriles is 1. The van der Waals surface area contributed by atoms with Crippen molar-refractivity contribution in [2.45, 2.75) is 13.5 Å². The van der Waals surface area contributed by atoms with Crippen molar-refractivity contribution in [3.05, 3.63) is 93.2 Å². The smallest absolute Gasteiger partial charge is 0.263 e. The van der Waals surface area contributed by atoms with Crippen molar-refractivity contribution < 1.29 is 9.53 Å². The van der Waals surface area contributed by atoms with Crippen molar-refractivity contribution in [1.29, 1.82) is 5.26 Å². The van der Waals surface area contributed by atoms with E-state index in [-0.39, 0.29) is 18.0 Å². The zero-order chi connectivity index (χ0) is 24.4. The maximum absolute atomic E-state index is 13.1. The molecule has 0 aliphatic heterocycles. The van der Waals surface area contributed by atoms with Crippen LogP contribution in [0, 0.1) is 18.3 Å². The summed E-state index contributed by atoms with van der Waals surface area (Å²) in [6.45, 7) is 1.71. The van der Waals surface area contributed by atoms with Crippen LogP contribution in [0.2, 0.25) is 0 Å². The van der Waals surface area contributed by atoms with E-state index in [0.717, 1.165) is 16.0 Å². The third-order valence-corrected chi connectivity index (χ3v) is 7.14. The van der Waals surface area contributed by atoms with Gasteiger partial charge in [-0.1, -0.05) is 6.07 Å². The Labute approximate surface area is 208 Å². The van der Waals surface area contributed by atoms with E-state index >= 15 is 0 Å². The van der Waals surface area contributed by atoms with Crippen LogP contribution < -0.4 is 15.6 Å². The number of nitrogens with zero attached hydrogens (tertiary/aromatic N) is 3. The van der Waals surface area contributed by atoms with E-state index in [0.29, 0.717) is 33.0 Å². The number of fused-ring (bicyclic) bond motifs is 1. The van der Waals surface area contributed by atoms with Gasteiger partial charge >= 0.3 is 0 Å². The monoisotopic (exact) mass is 498 g/mol. The van der Waals surface area contributed by atoms with Crippen molar-refractivity contribution >= 4 is 44.5 Å². The van der Waals surface area contributed by atoms with Crippen molar-refractivity contribution in [2.75, 3.05) is 5.32 Å². The number of hydrogen-bond donors (Lipinski definition) is 1. The Kier molecular flexibility index (Phi) is 6.14. The van der Waals surface area contributed by atoms with Crippen LogP contribution in [0.5, 0.6) is 11.5 Å². The molecule has 5 aromatic rings. The molecule has 2 aromatic carbocycles. The van der Waals surface area contributed by atoms with Gasteiger partial charge in [0.2, 0.25) is 5.91 Å². The molecule has 0 atom stereocenters. The topological polar surface area (TPSA) is 97.0 Å². The molecule has 0 saturated carbocycles. The third-order valence-electron chi connectivity index (χ3n) is 5.35. The van der Waals surface area contributed by atoms with Crippen LogP contribution in [0.15, 0.2) is 76.5 Å². The quantitative estimate of drug-likeness (QED) is 0.319. The summed E-state index contributed by atoms with van der Waals surface area (Å²) < 4.78 is 7.16. The fraction of sp³-hybridized carbons (Fsp3) is 0.0769. The van der Waals surface area contributed by atoms with Gasteiger partial charge in [-0.3, -0.25) is 14.2 Å². The largest absolute Gasteiger partial charge is 0.457 e. The minimum atomic E-state index is -0.329. The molecule has 0 fully saturated rings. The van der Waals surface area contributed by atoms with Gasteiger partial charge in [0.15, 0.2) is 0 Å². The van der Waals surface area contributed by atoms with Crippen LogP contribution in [0.1, 0.15) is 11.1 Å². The average Bonchev–Trinajstić information content (AvgIpc) is 3.53. The van der Waals surface area contributed by atoms with Gasteiger partial charge in [-0.05, 0) is 66.4 Å². The van der Waals surface area contributed by atoms with Crippen LogP contribution in [-0.2, 0) is 11.3 Å². The minimum Gasteiger partial charge on any atom is -0.457 e. The van der Waals surface area contributed by atoms with Crippen molar-refractivity contribution in [1.82, 2.24) is 9.55 Å². The number of carbonyl (C=O) groups excluding carboxylic acids is 1. The van der Waals surface area contributed by atoms with E-state index in [4.69, 9.17) is 10.00 Å². The summed E-state index contributed by atoms with van der Waals surface area (Å²) in [7, 11) is 0. The lowest BCUT2D eigenvalue weighted by atomic mass is 10.2. The molecule has 3 aromatic heterocycles. The average molecular weight is 499 g/mol. The first kappa shape index (κ1) is 22.5. The first-order valence-electron chi connectivity index (χ1n) is 10.6. The number of hydrogen-bond acceptors (Lipinski definition) is 7. The third kappa shape index (κ3) is 4.71. The number of amides is 1. The Hall–Kier alpha value is -4.26. The molecular weight excluding hydrogens is 480 g/mol. The molecule has 9 heteroatoms. The summed E-state index contributed by atoms with van der Waals surface area (Å²) >= 11 is 2.98. The molecule has 0 saturated heterocycles. The maximum Gasteiger partial charge on any atom is 0.263 e. The van der Waals surface area contributed by atoms with Crippen molar-refractivity contribution in [3.63, 3.8) is 0 Å². The molecule has 1 N–H and O–H groups in total. The van der Waals surface area contributed by atoms with E-state index in [1.807, 2.05) is 35.9 Å². The van der Waals surface area contributed by atoms with Crippen LogP contribution in [0.3, 0.4) is 0 Å². The first-order chi connectivity index (χ1) is 17.0. The number of nitrogens with one attached hydrogen (secondary N) is 1.